The predicted octanol–water partition coefficient (Wildman–Crippen LogP) is 0.881. The summed E-state index contributed by atoms with van der Waals surface area (Å²) in [5.74, 6) is -0.838. The smallest absolute Gasteiger partial charge is 0.328 e. The lowest BCUT2D eigenvalue weighted by Crippen LogP contribution is -2.34. The standard InChI is InChI=1S/C14H17NO4/c1-18-14(17)12-7-11(13(16)15-12)9-19-8-10-5-3-2-4-6-10/h2-6,11-12H,7-9H2,1H3,(H,15,16)/t11-,12+/m1/s1. The Kier molecular flexibility index (Phi) is 4.52. The van der Waals surface area contributed by atoms with E-state index >= 15 is 0 Å². The summed E-state index contributed by atoms with van der Waals surface area (Å²) in [4.78, 5) is 23.0. The van der Waals surface area contributed by atoms with Gasteiger partial charge in [0.25, 0.3) is 0 Å². The van der Waals surface area contributed by atoms with Crippen LogP contribution in [0.3, 0.4) is 0 Å². The van der Waals surface area contributed by atoms with Crippen LogP contribution in [-0.2, 0) is 25.7 Å². The minimum Gasteiger partial charge on any atom is -0.467 e. The highest BCUT2D eigenvalue weighted by molar-refractivity contribution is 5.89. The molecule has 1 aromatic rings. The zero-order valence-corrected chi connectivity index (χ0v) is 10.8. The molecule has 1 saturated heterocycles. The Morgan fingerprint density at radius 2 is 2.11 bits per heavy atom. The van der Waals surface area contributed by atoms with Crippen LogP contribution in [0.15, 0.2) is 30.3 Å². The lowest BCUT2D eigenvalue weighted by molar-refractivity contribution is -0.143. The highest BCUT2D eigenvalue weighted by Gasteiger charge is 2.36. The van der Waals surface area contributed by atoms with Crippen LogP contribution in [0, 0.1) is 5.92 Å². The molecule has 1 aliphatic heterocycles. The van der Waals surface area contributed by atoms with E-state index in [9.17, 15) is 9.59 Å². The van der Waals surface area contributed by atoms with Crippen molar-refractivity contribution in [3.05, 3.63) is 35.9 Å². The Hall–Kier alpha value is -1.88. The fourth-order valence-corrected chi connectivity index (χ4v) is 2.07. The summed E-state index contributed by atoms with van der Waals surface area (Å²) >= 11 is 0. The van der Waals surface area contributed by atoms with Crippen molar-refractivity contribution < 1.29 is 19.1 Å². The van der Waals surface area contributed by atoms with Gasteiger partial charge in [-0.1, -0.05) is 30.3 Å². The average molecular weight is 263 g/mol. The molecule has 0 bridgehead atoms. The molecule has 2 atom stereocenters. The molecule has 102 valence electrons. The molecule has 0 saturated carbocycles. The van der Waals surface area contributed by atoms with Gasteiger partial charge in [-0.05, 0) is 12.0 Å². The Balaban J connectivity index is 1.78. The molecule has 19 heavy (non-hydrogen) atoms. The molecule has 1 N–H and O–H groups in total. The van der Waals surface area contributed by atoms with E-state index in [4.69, 9.17) is 4.74 Å². The summed E-state index contributed by atoms with van der Waals surface area (Å²) in [6.07, 6.45) is 0.431. The van der Waals surface area contributed by atoms with E-state index in [1.165, 1.54) is 7.11 Å². The van der Waals surface area contributed by atoms with Crippen molar-refractivity contribution >= 4 is 11.9 Å². The van der Waals surface area contributed by atoms with Gasteiger partial charge in [0, 0.05) is 0 Å². The Morgan fingerprint density at radius 3 is 2.79 bits per heavy atom. The Labute approximate surface area is 111 Å². The first-order valence-corrected chi connectivity index (χ1v) is 6.20. The van der Waals surface area contributed by atoms with Crippen molar-refractivity contribution in [2.24, 2.45) is 5.92 Å². The number of rotatable bonds is 5. The summed E-state index contributed by atoms with van der Waals surface area (Å²) in [5.41, 5.74) is 1.06. The van der Waals surface area contributed by atoms with Gasteiger partial charge in [0.15, 0.2) is 0 Å². The second-order valence-electron chi connectivity index (χ2n) is 4.52. The molecule has 5 nitrogen and oxygen atoms in total. The third-order valence-corrected chi connectivity index (χ3v) is 3.12. The van der Waals surface area contributed by atoms with E-state index in [1.807, 2.05) is 30.3 Å². The van der Waals surface area contributed by atoms with Gasteiger partial charge in [0.05, 0.1) is 26.2 Å². The van der Waals surface area contributed by atoms with E-state index in [0.29, 0.717) is 19.6 Å². The number of benzene rings is 1. The summed E-state index contributed by atoms with van der Waals surface area (Å²) in [6.45, 7) is 0.779. The number of carbonyl (C=O) groups excluding carboxylic acids is 2. The van der Waals surface area contributed by atoms with E-state index in [0.717, 1.165) is 5.56 Å². The summed E-state index contributed by atoms with van der Waals surface area (Å²) in [5, 5.41) is 2.61. The van der Waals surface area contributed by atoms with Crippen molar-refractivity contribution in [3.63, 3.8) is 0 Å². The Bertz CT molecular complexity index is 446. The van der Waals surface area contributed by atoms with Gasteiger partial charge in [-0.2, -0.15) is 0 Å². The van der Waals surface area contributed by atoms with Gasteiger partial charge >= 0.3 is 5.97 Å². The van der Waals surface area contributed by atoms with Gasteiger partial charge in [0.2, 0.25) is 5.91 Å². The van der Waals surface area contributed by atoms with Crippen molar-refractivity contribution in [1.82, 2.24) is 5.32 Å². The number of carbonyl (C=O) groups is 2. The highest BCUT2D eigenvalue weighted by Crippen LogP contribution is 2.17. The zero-order chi connectivity index (χ0) is 13.7. The molecule has 1 fully saturated rings. The summed E-state index contributed by atoms with van der Waals surface area (Å²) in [6, 6.07) is 9.21. The number of hydrogen-bond acceptors (Lipinski definition) is 4. The largest absolute Gasteiger partial charge is 0.467 e. The number of ether oxygens (including phenoxy) is 2. The van der Waals surface area contributed by atoms with Crippen LogP contribution in [-0.4, -0.2) is 31.6 Å². The molecule has 0 aliphatic carbocycles. The summed E-state index contributed by atoms with van der Waals surface area (Å²) in [7, 11) is 1.31. The first-order valence-electron chi connectivity index (χ1n) is 6.20. The molecule has 0 radical (unpaired) electrons. The molecule has 0 unspecified atom stereocenters. The van der Waals surface area contributed by atoms with Crippen molar-refractivity contribution in [1.29, 1.82) is 0 Å². The topological polar surface area (TPSA) is 64.6 Å². The molecular weight excluding hydrogens is 246 g/mol. The van der Waals surface area contributed by atoms with Crippen molar-refractivity contribution in [2.45, 2.75) is 19.1 Å². The maximum Gasteiger partial charge on any atom is 0.328 e. The third-order valence-electron chi connectivity index (χ3n) is 3.12. The third kappa shape index (κ3) is 3.54. The number of amides is 1. The minimum atomic E-state index is -0.539. The van der Waals surface area contributed by atoms with Gasteiger partial charge < -0.3 is 14.8 Å². The van der Waals surface area contributed by atoms with E-state index < -0.39 is 12.0 Å². The van der Waals surface area contributed by atoms with Crippen LogP contribution in [0.1, 0.15) is 12.0 Å². The molecule has 1 amide bonds. The van der Waals surface area contributed by atoms with Crippen molar-refractivity contribution in [2.75, 3.05) is 13.7 Å². The minimum absolute atomic E-state index is 0.150. The Morgan fingerprint density at radius 1 is 1.37 bits per heavy atom. The molecule has 2 rings (SSSR count). The molecule has 1 heterocycles. The molecule has 5 heteroatoms. The number of methoxy groups -OCH3 is 1. The molecule has 1 aromatic carbocycles. The molecule has 0 spiro atoms. The lowest BCUT2D eigenvalue weighted by Gasteiger charge is -2.08. The van der Waals surface area contributed by atoms with Gasteiger partial charge in [-0.25, -0.2) is 4.79 Å². The zero-order valence-electron chi connectivity index (χ0n) is 10.8. The monoisotopic (exact) mass is 263 g/mol. The average Bonchev–Trinajstić information content (AvgIpc) is 2.81. The second kappa shape index (κ2) is 6.33. The first kappa shape index (κ1) is 13.5. The van der Waals surface area contributed by atoms with Crippen LogP contribution in [0.25, 0.3) is 0 Å². The second-order valence-corrected chi connectivity index (χ2v) is 4.52. The van der Waals surface area contributed by atoms with Crippen LogP contribution in [0.5, 0.6) is 0 Å². The summed E-state index contributed by atoms with van der Waals surface area (Å²) < 4.78 is 10.1. The van der Waals surface area contributed by atoms with E-state index in [1.54, 1.807) is 0 Å². The van der Waals surface area contributed by atoms with Crippen LogP contribution in [0.4, 0.5) is 0 Å². The van der Waals surface area contributed by atoms with Crippen molar-refractivity contribution in [3.8, 4) is 0 Å². The quantitative estimate of drug-likeness (QED) is 0.801. The van der Waals surface area contributed by atoms with Gasteiger partial charge in [-0.15, -0.1) is 0 Å². The maximum absolute atomic E-state index is 11.6. The van der Waals surface area contributed by atoms with E-state index in [-0.39, 0.29) is 11.8 Å². The van der Waals surface area contributed by atoms with Crippen LogP contribution in [0.2, 0.25) is 0 Å². The fourth-order valence-electron chi connectivity index (χ4n) is 2.07. The number of hydrogen-bond donors (Lipinski definition) is 1. The lowest BCUT2D eigenvalue weighted by atomic mass is 10.1. The highest BCUT2D eigenvalue weighted by atomic mass is 16.5. The number of nitrogens with one attached hydrogen (secondary N) is 1. The van der Waals surface area contributed by atoms with Crippen LogP contribution >= 0.6 is 0 Å². The fraction of sp³-hybridized carbons (Fsp3) is 0.429. The van der Waals surface area contributed by atoms with E-state index in [2.05, 4.69) is 10.1 Å². The normalized spacial score (nSPS) is 22.1. The van der Waals surface area contributed by atoms with Gasteiger partial charge in [0.1, 0.15) is 6.04 Å². The predicted molar refractivity (Wildman–Crippen MR) is 68.2 cm³/mol. The molecular formula is C14H17NO4. The molecule has 1 aliphatic rings. The first-order chi connectivity index (χ1) is 9.20. The number of esters is 1. The maximum atomic E-state index is 11.6. The van der Waals surface area contributed by atoms with Gasteiger partial charge in [-0.3, -0.25) is 4.79 Å². The van der Waals surface area contributed by atoms with Crippen LogP contribution < -0.4 is 5.32 Å². The molecule has 0 aromatic heterocycles. The SMILES string of the molecule is COC(=O)[C@@H]1C[C@H](COCc2ccccc2)C(=O)N1.